The molecular formula is C17H25ClN4O2. The maximum atomic E-state index is 12.9. The molecule has 1 aromatic carbocycles. The average Bonchev–Trinajstić information content (AvgIpc) is 3.14. The van der Waals surface area contributed by atoms with E-state index in [2.05, 4.69) is 12.2 Å². The Morgan fingerprint density at radius 1 is 1.38 bits per heavy atom. The number of nitrogens with zero attached hydrogens (tertiary/aromatic N) is 2. The first-order valence-electron chi connectivity index (χ1n) is 8.09. The minimum Gasteiger partial charge on any atom is -0.338 e. The number of carbonyl (C=O) groups is 2. The predicted molar refractivity (Wildman–Crippen MR) is 96.9 cm³/mol. The molecule has 2 fully saturated rings. The second-order valence-corrected chi connectivity index (χ2v) is 6.82. The number of urea groups is 1. The summed E-state index contributed by atoms with van der Waals surface area (Å²) in [6.07, 6.45) is 0.933. The number of benzene rings is 1. The molecule has 132 valence electrons. The van der Waals surface area contributed by atoms with Gasteiger partial charge in [0.1, 0.15) is 0 Å². The van der Waals surface area contributed by atoms with E-state index in [1.54, 1.807) is 4.90 Å². The molecule has 1 aromatic rings. The Morgan fingerprint density at radius 3 is 2.71 bits per heavy atom. The van der Waals surface area contributed by atoms with E-state index >= 15 is 0 Å². The first-order valence-corrected chi connectivity index (χ1v) is 8.09. The van der Waals surface area contributed by atoms with E-state index in [9.17, 15) is 9.59 Å². The summed E-state index contributed by atoms with van der Waals surface area (Å²) in [4.78, 5) is 28.4. The molecule has 0 radical (unpaired) electrons. The highest BCUT2D eigenvalue weighted by atomic mass is 35.5. The minimum atomic E-state index is -0.102. The number of amides is 3. The Labute approximate surface area is 148 Å². The van der Waals surface area contributed by atoms with Crippen molar-refractivity contribution in [3.05, 3.63) is 29.3 Å². The second-order valence-electron chi connectivity index (χ2n) is 6.82. The number of carbonyl (C=O) groups excluding carboxylic acids is 2. The van der Waals surface area contributed by atoms with Gasteiger partial charge in [-0.25, -0.2) is 4.79 Å². The molecule has 0 aliphatic carbocycles. The van der Waals surface area contributed by atoms with Gasteiger partial charge < -0.3 is 16.0 Å². The fraction of sp³-hybridized carbons (Fsp3) is 0.529. The Bertz CT molecular complexity index is 651. The summed E-state index contributed by atoms with van der Waals surface area (Å²) in [5.74, 6) is 0.0288. The van der Waals surface area contributed by atoms with Crippen LogP contribution >= 0.6 is 12.4 Å². The van der Waals surface area contributed by atoms with Crippen LogP contribution in [0.4, 0.5) is 10.5 Å². The van der Waals surface area contributed by atoms with E-state index in [-0.39, 0.29) is 29.8 Å². The van der Waals surface area contributed by atoms with Gasteiger partial charge in [0.2, 0.25) is 0 Å². The summed E-state index contributed by atoms with van der Waals surface area (Å²) in [6.45, 7) is 7.31. The number of hydrogen-bond acceptors (Lipinski definition) is 3. The molecule has 0 saturated carbocycles. The fourth-order valence-electron chi connectivity index (χ4n) is 3.38. The Balaban J connectivity index is 0.00000208. The number of likely N-dealkylation sites (tertiary alicyclic amines) is 1. The first kappa shape index (κ1) is 18.5. The van der Waals surface area contributed by atoms with E-state index in [1.165, 1.54) is 0 Å². The van der Waals surface area contributed by atoms with Crippen molar-refractivity contribution in [2.24, 2.45) is 11.1 Å². The lowest BCUT2D eigenvalue weighted by Gasteiger charge is -2.24. The van der Waals surface area contributed by atoms with Gasteiger partial charge in [-0.3, -0.25) is 9.69 Å². The van der Waals surface area contributed by atoms with E-state index in [1.807, 2.05) is 30.0 Å². The molecule has 2 aliphatic rings. The van der Waals surface area contributed by atoms with Crippen molar-refractivity contribution in [2.75, 3.05) is 37.6 Å². The molecule has 2 saturated heterocycles. The first-order chi connectivity index (χ1) is 10.9. The molecule has 24 heavy (non-hydrogen) atoms. The molecule has 1 atom stereocenters. The zero-order valence-corrected chi connectivity index (χ0v) is 15.0. The summed E-state index contributed by atoms with van der Waals surface area (Å²) in [5.41, 5.74) is 8.18. The van der Waals surface area contributed by atoms with Crippen molar-refractivity contribution in [3.63, 3.8) is 0 Å². The molecule has 0 spiro atoms. The Hall–Kier alpha value is -1.79. The zero-order chi connectivity index (χ0) is 16.6. The molecule has 1 unspecified atom stereocenters. The van der Waals surface area contributed by atoms with Gasteiger partial charge in [0.05, 0.1) is 0 Å². The predicted octanol–water partition coefficient (Wildman–Crippen LogP) is 1.76. The van der Waals surface area contributed by atoms with Crippen LogP contribution in [0.5, 0.6) is 0 Å². The quantitative estimate of drug-likeness (QED) is 0.870. The van der Waals surface area contributed by atoms with Crippen molar-refractivity contribution in [1.82, 2.24) is 10.2 Å². The van der Waals surface area contributed by atoms with Crippen molar-refractivity contribution in [1.29, 1.82) is 0 Å². The molecule has 2 aliphatic heterocycles. The molecular weight excluding hydrogens is 328 g/mol. The van der Waals surface area contributed by atoms with Gasteiger partial charge in [-0.2, -0.15) is 0 Å². The van der Waals surface area contributed by atoms with Crippen LogP contribution in [0.2, 0.25) is 0 Å². The maximum absolute atomic E-state index is 12.9. The summed E-state index contributed by atoms with van der Waals surface area (Å²) in [6, 6.07) is 5.48. The normalized spacial score (nSPS) is 23.2. The largest absolute Gasteiger partial charge is 0.338 e. The third-order valence-corrected chi connectivity index (χ3v) is 5.02. The van der Waals surface area contributed by atoms with Gasteiger partial charge in [0.25, 0.3) is 5.91 Å². The van der Waals surface area contributed by atoms with Gasteiger partial charge in [0.15, 0.2) is 0 Å². The lowest BCUT2D eigenvalue weighted by Crippen LogP contribution is -2.35. The van der Waals surface area contributed by atoms with Crippen molar-refractivity contribution in [3.8, 4) is 0 Å². The van der Waals surface area contributed by atoms with Crippen LogP contribution in [-0.4, -0.2) is 49.6 Å². The van der Waals surface area contributed by atoms with Gasteiger partial charge in [-0.1, -0.05) is 13.0 Å². The molecule has 6 nitrogen and oxygen atoms in total. The number of rotatable bonds is 3. The molecule has 3 amide bonds. The summed E-state index contributed by atoms with van der Waals surface area (Å²) in [5, 5.41) is 2.80. The topological polar surface area (TPSA) is 78.7 Å². The van der Waals surface area contributed by atoms with E-state index in [4.69, 9.17) is 5.73 Å². The monoisotopic (exact) mass is 352 g/mol. The van der Waals surface area contributed by atoms with Gasteiger partial charge >= 0.3 is 6.03 Å². The van der Waals surface area contributed by atoms with Crippen LogP contribution in [0, 0.1) is 12.3 Å². The van der Waals surface area contributed by atoms with Crippen LogP contribution in [-0.2, 0) is 0 Å². The van der Waals surface area contributed by atoms with Gasteiger partial charge in [0, 0.05) is 37.4 Å². The average molecular weight is 353 g/mol. The minimum absolute atomic E-state index is 0. The van der Waals surface area contributed by atoms with Crippen molar-refractivity contribution < 1.29 is 9.59 Å². The maximum Gasteiger partial charge on any atom is 0.322 e. The smallest absolute Gasteiger partial charge is 0.322 e. The standard InChI is InChI=1S/C17H24N4O2.ClH/c1-12-13(15(22)20-8-6-17(2,10-18)11-20)4-3-5-14(12)21-9-7-19-16(21)23;/h3-5H,6-11,18H2,1-2H3,(H,19,23);1H. The zero-order valence-electron chi connectivity index (χ0n) is 14.2. The molecule has 0 aromatic heterocycles. The number of halogens is 1. The van der Waals surface area contributed by atoms with Gasteiger partial charge in [-0.05, 0) is 43.0 Å². The summed E-state index contributed by atoms with van der Waals surface area (Å²) >= 11 is 0. The lowest BCUT2D eigenvalue weighted by molar-refractivity contribution is 0.0776. The third-order valence-electron chi connectivity index (χ3n) is 5.02. The van der Waals surface area contributed by atoms with Gasteiger partial charge in [-0.15, -0.1) is 12.4 Å². The highest BCUT2D eigenvalue weighted by molar-refractivity contribution is 6.00. The van der Waals surface area contributed by atoms with Crippen LogP contribution in [0.3, 0.4) is 0 Å². The van der Waals surface area contributed by atoms with E-state index in [0.717, 1.165) is 24.2 Å². The SMILES string of the molecule is Cc1c(C(=O)N2CCC(C)(CN)C2)cccc1N1CCNC1=O.Cl. The van der Waals surface area contributed by atoms with Crippen LogP contribution in [0.15, 0.2) is 18.2 Å². The van der Waals surface area contributed by atoms with Crippen LogP contribution in [0.1, 0.15) is 29.3 Å². The highest BCUT2D eigenvalue weighted by Crippen LogP contribution is 2.31. The molecule has 3 N–H and O–H groups in total. The fourth-order valence-corrected chi connectivity index (χ4v) is 3.38. The number of nitrogens with two attached hydrogens (primary N) is 1. The molecule has 7 heteroatoms. The number of hydrogen-bond donors (Lipinski definition) is 2. The molecule has 3 rings (SSSR count). The Morgan fingerprint density at radius 2 is 2.12 bits per heavy atom. The number of anilines is 1. The third kappa shape index (κ3) is 3.21. The molecule has 2 heterocycles. The van der Waals surface area contributed by atoms with E-state index in [0.29, 0.717) is 31.7 Å². The van der Waals surface area contributed by atoms with Crippen molar-refractivity contribution >= 4 is 30.0 Å². The highest BCUT2D eigenvalue weighted by Gasteiger charge is 2.36. The van der Waals surface area contributed by atoms with Crippen LogP contribution in [0.25, 0.3) is 0 Å². The lowest BCUT2D eigenvalue weighted by atomic mass is 9.90. The molecule has 0 bridgehead atoms. The van der Waals surface area contributed by atoms with E-state index < -0.39 is 0 Å². The Kier molecular flexibility index (Phi) is 5.40. The summed E-state index contributed by atoms with van der Waals surface area (Å²) in [7, 11) is 0. The summed E-state index contributed by atoms with van der Waals surface area (Å²) < 4.78 is 0. The van der Waals surface area contributed by atoms with Crippen LogP contribution < -0.4 is 16.0 Å². The van der Waals surface area contributed by atoms with Crippen molar-refractivity contribution in [2.45, 2.75) is 20.3 Å². The number of nitrogens with one attached hydrogen (secondary N) is 1. The second kappa shape index (κ2) is 6.99.